The van der Waals surface area contributed by atoms with E-state index >= 15 is 0 Å². The third-order valence-electron chi connectivity index (χ3n) is 3.05. The third-order valence-corrected chi connectivity index (χ3v) is 3.05. The average molecular weight is 332 g/mol. The number of aliphatic hydroxyl groups is 2. The van der Waals surface area contributed by atoms with Crippen molar-refractivity contribution in [3.05, 3.63) is 0 Å². The molecule has 2 unspecified atom stereocenters. The van der Waals surface area contributed by atoms with Crippen LogP contribution >= 0.6 is 0 Å². The summed E-state index contributed by atoms with van der Waals surface area (Å²) in [4.78, 5) is 54.5. The van der Waals surface area contributed by atoms with Crippen LogP contribution in [0.2, 0.25) is 0 Å². The van der Waals surface area contributed by atoms with Gasteiger partial charge in [0.2, 0.25) is 12.2 Å². The molecule has 0 saturated carbocycles. The molecule has 11 nitrogen and oxygen atoms in total. The Kier molecular flexibility index (Phi) is 5.60. The van der Waals surface area contributed by atoms with Crippen molar-refractivity contribution in [1.82, 2.24) is 10.1 Å². The molecular weight excluding hydrogens is 316 g/mol. The molecule has 0 bridgehead atoms. The topological polar surface area (TPSA) is 143 Å². The van der Waals surface area contributed by atoms with Crippen LogP contribution in [0, 0.1) is 0 Å². The van der Waals surface area contributed by atoms with Crippen molar-refractivity contribution < 1.29 is 43.8 Å². The largest absolute Gasteiger partial charge is 0.371 e. The van der Waals surface area contributed by atoms with Gasteiger partial charge in [-0.25, -0.2) is 9.63 Å². The molecule has 2 aliphatic heterocycles. The SMILES string of the molecule is O=C(COCC(O)ON1C(=O)CCC1O)ON1C(=O)CCC1=O. The summed E-state index contributed by atoms with van der Waals surface area (Å²) in [6.45, 7) is -1.14. The maximum Gasteiger partial charge on any atom is 0.358 e. The first-order chi connectivity index (χ1) is 10.9. The maximum absolute atomic E-state index is 11.4. The van der Waals surface area contributed by atoms with E-state index in [2.05, 4.69) is 4.84 Å². The van der Waals surface area contributed by atoms with Crippen LogP contribution in [0.1, 0.15) is 25.7 Å². The molecule has 2 heterocycles. The average Bonchev–Trinajstić information content (AvgIpc) is 2.97. The van der Waals surface area contributed by atoms with Gasteiger partial charge in [0.15, 0.2) is 6.23 Å². The maximum atomic E-state index is 11.4. The van der Waals surface area contributed by atoms with Crippen LogP contribution in [0.4, 0.5) is 0 Å². The lowest BCUT2D eigenvalue weighted by Gasteiger charge is -2.22. The Morgan fingerprint density at radius 1 is 1.17 bits per heavy atom. The van der Waals surface area contributed by atoms with Crippen LogP contribution in [0.5, 0.6) is 0 Å². The van der Waals surface area contributed by atoms with E-state index in [1.807, 2.05) is 0 Å². The van der Waals surface area contributed by atoms with Crippen molar-refractivity contribution in [2.24, 2.45) is 0 Å². The van der Waals surface area contributed by atoms with Crippen LogP contribution < -0.4 is 0 Å². The fourth-order valence-corrected chi connectivity index (χ4v) is 1.97. The molecule has 0 aromatic carbocycles. The van der Waals surface area contributed by atoms with E-state index in [0.717, 1.165) is 0 Å². The van der Waals surface area contributed by atoms with Gasteiger partial charge in [-0.15, -0.1) is 5.06 Å². The van der Waals surface area contributed by atoms with Gasteiger partial charge < -0.3 is 19.8 Å². The predicted molar refractivity (Wildman–Crippen MR) is 67.2 cm³/mol. The molecule has 2 saturated heterocycles. The Labute approximate surface area is 130 Å². The Bertz CT molecular complexity index is 493. The number of hydrogen-bond donors (Lipinski definition) is 2. The Morgan fingerprint density at radius 2 is 1.83 bits per heavy atom. The molecule has 2 N–H and O–H groups in total. The smallest absolute Gasteiger partial charge is 0.358 e. The number of carbonyl (C=O) groups is 4. The van der Waals surface area contributed by atoms with Crippen molar-refractivity contribution in [3.63, 3.8) is 0 Å². The minimum atomic E-state index is -1.59. The van der Waals surface area contributed by atoms with E-state index in [0.29, 0.717) is 10.1 Å². The molecule has 3 amide bonds. The molecule has 23 heavy (non-hydrogen) atoms. The van der Waals surface area contributed by atoms with Gasteiger partial charge in [0, 0.05) is 25.7 Å². The van der Waals surface area contributed by atoms with Crippen LogP contribution in [0.3, 0.4) is 0 Å². The quantitative estimate of drug-likeness (QED) is 0.392. The molecule has 2 rings (SSSR count). The fourth-order valence-electron chi connectivity index (χ4n) is 1.97. The van der Waals surface area contributed by atoms with Crippen molar-refractivity contribution in [2.45, 2.75) is 38.2 Å². The predicted octanol–water partition coefficient (Wildman–Crippen LogP) is -2.20. The van der Waals surface area contributed by atoms with Crippen molar-refractivity contribution in [1.29, 1.82) is 0 Å². The van der Waals surface area contributed by atoms with E-state index in [1.165, 1.54) is 0 Å². The number of rotatable bonds is 7. The summed E-state index contributed by atoms with van der Waals surface area (Å²) >= 11 is 0. The normalized spacial score (nSPS) is 22.9. The first kappa shape index (κ1) is 17.3. The molecule has 0 spiro atoms. The summed E-state index contributed by atoms with van der Waals surface area (Å²) in [6, 6.07) is 0. The van der Waals surface area contributed by atoms with Gasteiger partial charge in [-0.05, 0) is 0 Å². The number of amides is 3. The van der Waals surface area contributed by atoms with E-state index in [-0.39, 0.29) is 25.7 Å². The van der Waals surface area contributed by atoms with Crippen molar-refractivity contribution >= 4 is 23.7 Å². The number of aliphatic hydroxyl groups excluding tert-OH is 2. The van der Waals surface area contributed by atoms with E-state index in [1.54, 1.807) is 0 Å². The van der Waals surface area contributed by atoms with Gasteiger partial charge in [-0.3, -0.25) is 14.4 Å². The van der Waals surface area contributed by atoms with E-state index in [4.69, 9.17) is 9.57 Å². The zero-order chi connectivity index (χ0) is 17.0. The summed E-state index contributed by atoms with van der Waals surface area (Å²) in [5.41, 5.74) is 0. The molecule has 2 atom stereocenters. The number of ether oxygens (including phenoxy) is 1. The number of hydroxylamine groups is 4. The lowest BCUT2D eigenvalue weighted by atomic mass is 10.4. The summed E-state index contributed by atoms with van der Waals surface area (Å²) in [7, 11) is 0. The molecule has 128 valence electrons. The van der Waals surface area contributed by atoms with Crippen LogP contribution in [0.25, 0.3) is 0 Å². The Morgan fingerprint density at radius 3 is 2.39 bits per heavy atom. The van der Waals surface area contributed by atoms with Gasteiger partial charge in [-0.1, -0.05) is 0 Å². The van der Waals surface area contributed by atoms with Crippen LogP contribution in [-0.4, -0.2) is 69.8 Å². The van der Waals surface area contributed by atoms with Crippen molar-refractivity contribution in [2.75, 3.05) is 13.2 Å². The lowest BCUT2D eigenvalue weighted by Crippen LogP contribution is -2.39. The fraction of sp³-hybridized carbons (Fsp3) is 0.667. The van der Waals surface area contributed by atoms with E-state index in [9.17, 15) is 29.4 Å². The highest BCUT2D eigenvalue weighted by Gasteiger charge is 2.34. The minimum Gasteiger partial charge on any atom is -0.371 e. The molecule has 0 radical (unpaired) electrons. The second-order valence-corrected chi connectivity index (χ2v) is 4.86. The highest BCUT2D eigenvalue weighted by atomic mass is 16.8. The molecule has 0 aromatic rings. The second-order valence-electron chi connectivity index (χ2n) is 4.86. The molecule has 2 aliphatic rings. The number of hydrogen-bond acceptors (Lipinski definition) is 9. The highest BCUT2D eigenvalue weighted by molar-refractivity contribution is 6.01. The lowest BCUT2D eigenvalue weighted by molar-refractivity contribution is -0.295. The summed E-state index contributed by atoms with van der Waals surface area (Å²) < 4.78 is 4.80. The zero-order valence-electron chi connectivity index (χ0n) is 12.0. The summed E-state index contributed by atoms with van der Waals surface area (Å²) in [5.74, 6) is -2.72. The third kappa shape index (κ3) is 4.45. The van der Waals surface area contributed by atoms with Crippen LogP contribution in [0.15, 0.2) is 0 Å². The van der Waals surface area contributed by atoms with E-state index < -0.39 is 49.4 Å². The molecule has 2 fully saturated rings. The minimum absolute atomic E-state index is 0.0221. The molecule has 0 aromatic heterocycles. The van der Waals surface area contributed by atoms with Gasteiger partial charge in [0.1, 0.15) is 13.2 Å². The highest BCUT2D eigenvalue weighted by Crippen LogP contribution is 2.17. The monoisotopic (exact) mass is 332 g/mol. The molecule has 11 heteroatoms. The summed E-state index contributed by atoms with van der Waals surface area (Å²) in [6.07, 6.45) is -2.49. The first-order valence-corrected chi connectivity index (χ1v) is 6.87. The van der Waals surface area contributed by atoms with Crippen molar-refractivity contribution in [3.8, 4) is 0 Å². The zero-order valence-corrected chi connectivity index (χ0v) is 12.0. The van der Waals surface area contributed by atoms with Gasteiger partial charge in [-0.2, -0.15) is 5.06 Å². The summed E-state index contributed by atoms with van der Waals surface area (Å²) in [5, 5.41) is 19.9. The molecule has 0 aliphatic carbocycles. The van der Waals surface area contributed by atoms with Crippen LogP contribution in [-0.2, 0) is 33.6 Å². The van der Waals surface area contributed by atoms with Gasteiger partial charge in [0.25, 0.3) is 11.8 Å². The first-order valence-electron chi connectivity index (χ1n) is 6.87. The number of carbonyl (C=O) groups excluding carboxylic acids is 4. The number of nitrogens with zero attached hydrogens (tertiary/aromatic N) is 2. The van der Waals surface area contributed by atoms with Gasteiger partial charge >= 0.3 is 5.97 Å². The Balaban J connectivity index is 1.66. The standard InChI is InChI=1S/C12H16N2O9/c15-7-1-2-8(16)13(7)22-11(19)5-21-6-12(20)23-14-9(17)3-4-10(14)18/h7,11,15,19H,1-6H2. The number of imide groups is 1. The second kappa shape index (κ2) is 7.46. The van der Waals surface area contributed by atoms with Gasteiger partial charge in [0.05, 0.1) is 0 Å². The Hall–Kier alpha value is -2.08. The molecular formula is C12H16N2O9.